The topological polar surface area (TPSA) is 75.6 Å². The van der Waals surface area contributed by atoms with Crippen molar-refractivity contribution < 1.29 is 19.4 Å². The molecule has 0 bridgehead atoms. The standard InChI is InChI=1S/C9H15NO4/c1-4-14-9(13)7(10-5-11)8(12)6(2)3/h5,7-8,12H,2,4H2,1,3H3,(H,10,11)/t7-,8-/m1/s1. The molecule has 14 heavy (non-hydrogen) atoms. The van der Waals surface area contributed by atoms with Crippen LogP contribution in [0.2, 0.25) is 0 Å². The van der Waals surface area contributed by atoms with E-state index in [-0.39, 0.29) is 6.61 Å². The molecule has 5 heteroatoms. The highest BCUT2D eigenvalue weighted by molar-refractivity contribution is 5.79. The van der Waals surface area contributed by atoms with Gasteiger partial charge in [-0.1, -0.05) is 6.58 Å². The molecule has 0 radical (unpaired) electrons. The third-order valence-corrected chi connectivity index (χ3v) is 1.61. The van der Waals surface area contributed by atoms with E-state index in [4.69, 9.17) is 0 Å². The molecule has 80 valence electrons. The van der Waals surface area contributed by atoms with Crippen LogP contribution in [-0.2, 0) is 14.3 Å². The Hall–Kier alpha value is -1.36. The van der Waals surface area contributed by atoms with Crippen LogP contribution in [0.15, 0.2) is 12.2 Å². The number of ether oxygens (including phenoxy) is 1. The van der Waals surface area contributed by atoms with E-state index in [1.807, 2.05) is 0 Å². The summed E-state index contributed by atoms with van der Waals surface area (Å²) in [6.07, 6.45) is -0.785. The first-order valence-corrected chi connectivity index (χ1v) is 4.24. The Bertz CT molecular complexity index is 227. The smallest absolute Gasteiger partial charge is 0.331 e. The second kappa shape index (κ2) is 6.15. The molecule has 0 aliphatic heterocycles. The molecule has 0 aliphatic carbocycles. The second-order valence-electron chi connectivity index (χ2n) is 2.81. The molecule has 5 nitrogen and oxygen atoms in total. The maximum absolute atomic E-state index is 11.2. The maximum atomic E-state index is 11.2. The maximum Gasteiger partial charge on any atom is 0.331 e. The molecule has 1 amide bonds. The number of amides is 1. The van der Waals surface area contributed by atoms with Gasteiger partial charge >= 0.3 is 5.97 Å². The first-order valence-electron chi connectivity index (χ1n) is 4.24. The fraction of sp³-hybridized carbons (Fsp3) is 0.556. The minimum atomic E-state index is -1.13. The van der Waals surface area contributed by atoms with Gasteiger partial charge in [0.1, 0.15) is 6.10 Å². The Morgan fingerprint density at radius 2 is 2.29 bits per heavy atom. The van der Waals surface area contributed by atoms with Gasteiger partial charge in [0, 0.05) is 0 Å². The summed E-state index contributed by atoms with van der Waals surface area (Å²) in [7, 11) is 0. The quantitative estimate of drug-likeness (QED) is 0.348. The average molecular weight is 201 g/mol. The van der Waals surface area contributed by atoms with E-state index in [1.54, 1.807) is 13.8 Å². The fourth-order valence-corrected chi connectivity index (χ4v) is 0.878. The lowest BCUT2D eigenvalue weighted by molar-refractivity contribution is -0.149. The summed E-state index contributed by atoms with van der Waals surface area (Å²) in [4.78, 5) is 21.4. The normalized spacial score (nSPS) is 13.9. The average Bonchev–Trinajstić information content (AvgIpc) is 2.13. The van der Waals surface area contributed by atoms with E-state index in [0.717, 1.165) is 0 Å². The van der Waals surface area contributed by atoms with Gasteiger partial charge in [-0.25, -0.2) is 4.79 Å². The first-order chi connectivity index (χ1) is 6.54. The molecule has 0 saturated carbocycles. The number of carbonyl (C=O) groups is 2. The molecule has 2 atom stereocenters. The van der Waals surface area contributed by atoms with E-state index in [1.165, 1.54) is 0 Å². The Kier molecular flexibility index (Phi) is 5.55. The van der Waals surface area contributed by atoms with Crippen molar-refractivity contribution in [3.05, 3.63) is 12.2 Å². The zero-order valence-electron chi connectivity index (χ0n) is 8.32. The highest BCUT2D eigenvalue weighted by Gasteiger charge is 2.27. The number of carbonyl (C=O) groups excluding carboxylic acids is 2. The number of aliphatic hydroxyl groups excluding tert-OH is 1. The van der Waals surface area contributed by atoms with E-state index in [0.29, 0.717) is 12.0 Å². The van der Waals surface area contributed by atoms with Crippen LogP contribution in [-0.4, -0.2) is 36.2 Å². The summed E-state index contributed by atoms with van der Waals surface area (Å²) in [5, 5.41) is 11.7. The van der Waals surface area contributed by atoms with Crippen LogP contribution in [0.5, 0.6) is 0 Å². The highest BCUT2D eigenvalue weighted by atomic mass is 16.5. The van der Waals surface area contributed by atoms with Gasteiger partial charge in [0.15, 0.2) is 6.04 Å². The second-order valence-corrected chi connectivity index (χ2v) is 2.81. The number of rotatable bonds is 6. The monoisotopic (exact) mass is 201 g/mol. The fourth-order valence-electron chi connectivity index (χ4n) is 0.878. The predicted molar refractivity (Wildman–Crippen MR) is 50.4 cm³/mol. The van der Waals surface area contributed by atoms with Gasteiger partial charge < -0.3 is 15.2 Å². The van der Waals surface area contributed by atoms with Gasteiger partial charge in [0.2, 0.25) is 6.41 Å². The third kappa shape index (κ3) is 3.57. The Labute approximate surface area is 82.7 Å². The van der Waals surface area contributed by atoms with Crippen LogP contribution in [0, 0.1) is 0 Å². The number of aliphatic hydroxyl groups is 1. The summed E-state index contributed by atoms with van der Waals surface area (Å²) in [5.74, 6) is -0.671. The van der Waals surface area contributed by atoms with Crippen molar-refractivity contribution in [2.75, 3.05) is 6.61 Å². The van der Waals surface area contributed by atoms with Gasteiger partial charge in [-0.2, -0.15) is 0 Å². The lowest BCUT2D eigenvalue weighted by Crippen LogP contribution is -2.46. The molecule has 0 heterocycles. The van der Waals surface area contributed by atoms with Crippen LogP contribution in [0.4, 0.5) is 0 Å². The summed E-state index contributed by atoms with van der Waals surface area (Å²) < 4.78 is 4.67. The minimum absolute atomic E-state index is 0.193. The first kappa shape index (κ1) is 12.6. The van der Waals surface area contributed by atoms with Crippen LogP contribution in [0.1, 0.15) is 13.8 Å². The Morgan fingerprint density at radius 1 is 1.71 bits per heavy atom. The van der Waals surface area contributed by atoms with Gasteiger partial charge in [-0.15, -0.1) is 0 Å². The highest BCUT2D eigenvalue weighted by Crippen LogP contribution is 2.05. The Balaban J connectivity index is 4.48. The molecule has 0 rings (SSSR count). The van der Waals surface area contributed by atoms with Crippen molar-refractivity contribution >= 4 is 12.4 Å². The van der Waals surface area contributed by atoms with E-state index in [9.17, 15) is 14.7 Å². The van der Waals surface area contributed by atoms with Crippen molar-refractivity contribution in [1.82, 2.24) is 5.32 Å². The molecule has 0 aromatic heterocycles. The molecule has 0 unspecified atom stereocenters. The van der Waals surface area contributed by atoms with E-state index in [2.05, 4.69) is 16.6 Å². The lowest BCUT2D eigenvalue weighted by atomic mass is 10.1. The van der Waals surface area contributed by atoms with Crippen LogP contribution < -0.4 is 5.32 Å². The summed E-state index contributed by atoms with van der Waals surface area (Å²) in [5.41, 5.74) is 0.386. The molecular weight excluding hydrogens is 186 g/mol. The summed E-state index contributed by atoms with van der Waals surface area (Å²) >= 11 is 0. The molecule has 0 aromatic rings. The lowest BCUT2D eigenvalue weighted by Gasteiger charge is -2.20. The molecule has 0 spiro atoms. The number of esters is 1. The number of hydrogen-bond donors (Lipinski definition) is 2. The molecule has 0 aliphatic rings. The summed E-state index contributed by atoms with van der Waals surface area (Å²) in [6.45, 7) is 6.88. The summed E-state index contributed by atoms with van der Waals surface area (Å²) in [6, 6.07) is -1.08. The van der Waals surface area contributed by atoms with Crippen molar-refractivity contribution in [3.63, 3.8) is 0 Å². The van der Waals surface area contributed by atoms with Crippen molar-refractivity contribution in [1.29, 1.82) is 0 Å². The molecular formula is C9H15NO4. The SMILES string of the molecule is C=C(C)[C@@H](O)[C@@H](NC=O)C(=O)OCC. The molecule has 0 saturated heterocycles. The third-order valence-electron chi connectivity index (χ3n) is 1.61. The zero-order valence-corrected chi connectivity index (χ0v) is 8.32. The Morgan fingerprint density at radius 3 is 2.64 bits per heavy atom. The largest absolute Gasteiger partial charge is 0.464 e. The van der Waals surface area contributed by atoms with E-state index < -0.39 is 18.1 Å². The number of hydrogen-bond acceptors (Lipinski definition) is 4. The zero-order chi connectivity index (χ0) is 11.1. The molecule has 0 fully saturated rings. The van der Waals surface area contributed by atoms with Gasteiger partial charge in [0.05, 0.1) is 6.61 Å². The van der Waals surface area contributed by atoms with Crippen LogP contribution in [0.25, 0.3) is 0 Å². The van der Waals surface area contributed by atoms with Gasteiger partial charge in [0.25, 0.3) is 0 Å². The predicted octanol–water partition coefficient (Wildman–Crippen LogP) is -0.399. The van der Waals surface area contributed by atoms with Crippen LogP contribution >= 0.6 is 0 Å². The van der Waals surface area contributed by atoms with E-state index >= 15 is 0 Å². The van der Waals surface area contributed by atoms with Crippen molar-refractivity contribution in [2.24, 2.45) is 0 Å². The van der Waals surface area contributed by atoms with Crippen molar-refractivity contribution in [2.45, 2.75) is 26.0 Å². The van der Waals surface area contributed by atoms with Crippen molar-refractivity contribution in [3.8, 4) is 0 Å². The van der Waals surface area contributed by atoms with Crippen LogP contribution in [0.3, 0.4) is 0 Å². The molecule has 0 aromatic carbocycles. The van der Waals surface area contributed by atoms with Gasteiger partial charge in [-0.05, 0) is 19.4 Å². The minimum Gasteiger partial charge on any atom is -0.464 e. The van der Waals surface area contributed by atoms with Gasteiger partial charge in [-0.3, -0.25) is 4.79 Å². The number of nitrogens with one attached hydrogen (secondary N) is 1. The molecule has 2 N–H and O–H groups in total.